The average molecular weight is 365 g/mol. The van der Waals surface area contributed by atoms with E-state index in [-0.39, 0.29) is 5.91 Å². The van der Waals surface area contributed by atoms with Crippen LogP contribution in [0, 0.1) is 0 Å². The molecule has 0 saturated heterocycles. The Hall–Kier alpha value is -3.34. The minimum Gasteiger partial charge on any atom is -0.495 e. The van der Waals surface area contributed by atoms with Gasteiger partial charge in [0.1, 0.15) is 5.76 Å². The number of nitrogens with zero attached hydrogens (tertiary/aromatic N) is 1. The van der Waals surface area contributed by atoms with Crippen LogP contribution in [0.25, 0.3) is 23.2 Å². The standard InChI is InChI=1S/C22H23NO4/c1-7-9-16(10-8-2)21(26-5)20-14(3)23(15(4)24)19-13-17(22(25)27-6)11-12-18(19)20/h7-13H,1,3H2,2,4-6H3/b10-8-,16-9+,21-20-. The van der Waals surface area contributed by atoms with Crippen LogP contribution in [0.5, 0.6) is 0 Å². The fraction of sp³-hybridized carbons (Fsp3) is 0.182. The third kappa shape index (κ3) is 3.62. The lowest BCUT2D eigenvalue weighted by atomic mass is 10.1. The highest BCUT2D eigenvalue weighted by atomic mass is 16.5. The Morgan fingerprint density at radius 1 is 1.19 bits per heavy atom. The van der Waals surface area contributed by atoms with Crippen LogP contribution in [0.15, 0.2) is 54.7 Å². The lowest BCUT2D eigenvalue weighted by Gasteiger charge is -2.07. The SMILES string of the molecule is C=C/C=C(\C=C/C)C(/OC)=c1\c(=C)n(C(C)=O)c2cc(C(=O)OC)ccc12. The second kappa shape index (κ2) is 8.36. The van der Waals surface area contributed by atoms with Crippen molar-refractivity contribution in [1.82, 2.24) is 4.57 Å². The molecule has 140 valence electrons. The molecule has 1 aromatic carbocycles. The lowest BCUT2D eigenvalue weighted by molar-refractivity contribution is 0.0600. The van der Waals surface area contributed by atoms with E-state index in [0.717, 1.165) is 11.0 Å². The zero-order valence-corrected chi connectivity index (χ0v) is 16.0. The Labute approximate surface area is 158 Å². The first-order valence-electron chi connectivity index (χ1n) is 8.38. The molecule has 2 aromatic rings. The molecular formula is C22H23NO4. The van der Waals surface area contributed by atoms with Crippen molar-refractivity contribution in [1.29, 1.82) is 0 Å². The Balaban J connectivity index is 3.08. The molecule has 1 aromatic heterocycles. The number of rotatable bonds is 5. The van der Waals surface area contributed by atoms with Crippen molar-refractivity contribution in [2.24, 2.45) is 0 Å². The smallest absolute Gasteiger partial charge is 0.337 e. The van der Waals surface area contributed by atoms with Gasteiger partial charge in [-0.2, -0.15) is 0 Å². The molecule has 0 saturated carbocycles. The summed E-state index contributed by atoms with van der Waals surface area (Å²) in [6, 6.07) is 5.05. The molecular weight excluding hydrogens is 342 g/mol. The van der Waals surface area contributed by atoms with Crippen molar-refractivity contribution >= 4 is 35.1 Å². The second-order valence-corrected chi connectivity index (χ2v) is 5.79. The third-order valence-corrected chi connectivity index (χ3v) is 4.14. The molecule has 0 aliphatic carbocycles. The van der Waals surface area contributed by atoms with Crippen LogP contribution in [-0.4, -0.2) is 30.7 Å². The number of aromatic nitrogens is 1. The van der Waals surface area contributed by atoms with Crippen molar-refractivity contribution in [2.45, 2.75) is 13.8 Å². The van der Waals surface area contributed by atoms with E-state index in [9.17, 15) is 9.59 Å². The summed E-state index contributed by atoms with van der Waals surface area (Å²) in [4.78, 5) is 24.2. The van der Waals surface area contributed by atoms with Gasteiger partial charge in [-0.15, -0.1) is 0 Å². The van der Waals surface area contributed by atoms with Gasteiger partial charge in [0.2, 0.25) is 5.91 Å². The van der Waals surface area contributed by atoms with E-state index in [1.54, 1.807) is 31.4 Å². The fourth-order valence-electron chi connectivity index (χ4n) is 3.08. The summed E-state index contributed by atoms with van der Waals surface area (Å²) in [5.41, 5.74) is 1.71. The van der Waals surface area contributed by atoms with Crippen molar-refractivity contribution < 1.29 is 19.1 Å². The summed E-state index contributed by atoms with van der Waals surface area (Å²) < 4.78 is 11.9. The Morgan fingerprint density at radius 3 is 2.41 bits per heavy atom. The largest absolute Gasteiger partial charge is 0.495 e. The van der Waals surface area contributed by atoms with E-state index in [1.807, 2.05) is 25.2 Å². The fourth-order valence-corrected chi connectivity index (χ4v) is 3.08. The summed E-state index contributed by atoms with van der Waals surface area (Å²) in [5, 5.41) is 1.92. The average Bonchev–Trinajstić information content (AvgIpc) is 2.93. The number of hydrogen-bond acceptors (Lipinski definition) is 4. The molecule has 0 aliphatic heterocycles. The van der Waals surface area contributed by atoms with E-state index >= 15 is 0 Å². The molecule has 1 heterocycles. The Morgan fingerprint density at radius 2 is 1.89 bits per heavy atom. The van der Waals surface area contributed by atoms with Gasteiger partial charge in [-0.05, 0) is 19.1 Å². The van der Waals surface area contributed by atoms with E-state index in [0.29, 0.717) is 27.4 Å². The molecule has 0 amide bonds. The van der Waals surface area contributed by atoms with Crippen LogP contribution in [0.3, 0.4) is 0 Å². The van der Waals surface area contributed by atoms with Crippen molar-refractivity contribution in [2.75, 3.05) is 14.2 Å². The number of methoxy groups -OCH3 is 2. The maximum atomic E-state index is 12.3. The van der Waals surface area contributed by atoms with Crippen LogP contribution in [0.2, 0.25) is 0 Å². The van der Waals surface area contributed by atoms with E-state index in [1.165, 1.54) is 18.6 Å². The highest BCUT2D eigenvalue weighted by Crippen LogP contribution is 2.18. The predicted molar refractivity (Wildman–Crippen MR) is 108 cm³/mol. The topological polar surface area (TPSA) is 57.5 Å². The zero-order valence-electron chi connectivity index (χ0n) is 16.0. The van der Waals surface area contributed by atoms with Crippen LogP contribution >= 0.6 is 0 Å². The summed E-state index contributed by atoms with van der Waals surface area (Å²) in [6.45, 7) is 11.2. The third-order valence-electron chi connectivity index (χ3n) is 4.14. The molecule has 0 radical (unpaired) electrons. The second-order valence-electron chi connectivity index (χ2n) is 5.79. The van der Waals surface area contributed by atoms with Gasteiger partial charge < -0.3 is 9.47 Å². The molecule has 0 fully saturated rings. The van der Waals surface area contributed by atoms with E-state index in [2.05, 4.69) is 13.2 Å². The highest BCUT2D eigenvalue weighted by molar-refractivity contribution is 5.99. The van der Waals surface area contributed by atoms with Crippen LogP contribution in [0.1, 0.15) is 29.0 Å². The van der Waals surface area contributed by atoms with Crippen LogP contribution in [-0.2, 0) is 9.47 Å². The first-order chi connectivity index (χ1) is 12.9. The van der Waals surface area contributed by atoms with E-state index < -0.39 is 5.97 Å². The van der Waals surface area contributed by atoms with Gasteiger partial charge in [0, 0.05) is 17.9 Å². The first-order valence-corrected chi connectivity index (χ1v) is 8.38. The van der Waals surface area contributed by atoms with Crippen LogP contribution in [0.4, 0.5) is 0 Å². The van der Waals surface area contributed by atoms with Gasteiger partial charge in [0.25, 0.3) is 0 Å². The van der Waals surface area contributed by atoms with Crippen molar-refractivity contribution in [3.05, 3.63) is 70.8 Å². The zero-order chi connectivity index (χ0) is 20.1. The molecule has 5 heteroatoms. The Kier molecular flexibility index (Phi) is 6.19. The molecule has 0 N–H and O–H groups in total. The maximum absolute atomic E-state index is 12.3. The minimum absolute atomic E-state index is 0.214. The molecule has 27 heavy (non-hydrogen) atoms. The number of hydrogen-bond donors (Lipinski definition) is 0. The lowest BCUT2D eigenvalue weighted by Crippen LogP contribution is -2.32. The van der Waals surface area contributed by atoms with Gasteiger partial charge in [-0.1, -0.05) is 43.5 Å². The maximum Gasteiger partial charge on any atom is 0.337 e. The minimum atomic E-state index is -0.475. The Bertz CT molecular complexity index is 1080. The number of allylic oxidation sites excluding steroid dienone is 3. The number of fused-ring (bicyclic) bond motifs is 1. The quantitative estimate of drug-likeness (QED) is 0.604. The summed E-state index contributed by atoms with van der Waals surface area (Å²) >= 11 is 0. The van der Waals surface area contributed by atoms with Gasteiger partial charge in [-0.3, -0.25) is 9.36 Å². The van der Waals surface area contributed by atoms with Gasteiger partial charge in [0.15, 0.2) is 0 Å². The monoisotopic (exact) mass is 365 g/mol. The molecule has 0 bridgehead atoms. The van der Waals surface area contributed by atoms with Gasteiger partial charge >= 0.3 is 5.97 Å². The van der Waals surface area contributed by atoms with Crippen molar-refractivity contribution in [3.63, 3.8) is 0 Å². The molecule has 5 nitrogen and oxygen atoms in total. The number of benzene rings is 1. The molecule has 2 rings (SSSR count). The molecule has 0 unspecified atom stereocenters. The van der Waals surface area contributed by atoms with E-state index in [4.69, 9.17) is 9.47 Å². The van der Waals surface area contributed by atoms with Gasteiger partial charge in [-0.25, -0.2) is 4.79 Å². The number of ether oxygens (including phenoxy) is 2. The highest BCUT2D eigenvalue weighted by Gasteiger charge is 2.17. The number of carbonyl (C=O) groups is 2. The first kappa shape index (κ1) is 20.0. The molecule has 0 atom stereocenters. The summed E-state index contributed by atoms with van der Waals surface area (Å²) in [7, 11) is 2.88. The van der Waals surface area contributed by atoms with Gasteiger partial charge in [0.05, 0.1) is 35.9 Å². The predicted octanol–water partition coefficient (Wildman–Crippen LogP) is 2.94. The number of esters is 1. The molecule has 0 spiro atoms. The van der Waals surface area contributed by atoms with Crippen molar-refractivity contribution in [3.8, 4) is 0 Å². The molecule has 0 aliphatic rings. The summed E-state index contributed by atoms with van der Waals surface area (Å²) in [5.74, 6) is -0.125. The number of carbonyl (C=O) groups excluding carboxylic acids is 2. The summed E-state index contributed by atoms with van der Waals surface area (Å²) in [6.07, 6.45) is 7.25. The van der Waals surface area contributed by atoms with Crippen LogP contribution < -0.4 is 10.6 Å². The normalized spacial score (nSPS) is 13.0.